The smallest absolute Gasteiger partial charge is 0.0547 e. The molecule has 2 nitrogen and oxygen atoms in total. The van der Waals surface area contributed by atoms with Crippen LogP contribution in [0.4, 0.5) is 0 Å². The Kier molecular flexibility index (Phi) is 1.30. The van der Waals surface area contributed by atoms with E-state index >= 15 is 0 Å². The molecule has 1 aliphatic rings. The van der Waals surface area contributed by atoms with Gasteiger partial charge >= 0.3 is 0 Å². The SMILES string of the molecule is OC[C@H]1C[C@H](O)C1. The summed E-state index contributed by atoms with van der Waals surface area (Å²) in [5.41, 5.74) is 0. The van der Waals surface area contributed by atoms with Crippen LogP contribution in [-0.4, -0.2) is 22.9 Å². The fourth-order valence-electron chi connectivity index (χ4n) is 0.850. The minimum absolute atomic E-state index is 0.114. The predicted octanol–water partition coefficient (Wildman–Crippen LogP) is -0.250. The number of rotatable bonds is 1. The standard InChI is InChI=1S/C5H10O2/c6-3-4-1-5(7)2-4/h4-7H,1-3H2/t4-,5-. The maximum atomic E-state index is 8.64. The van der Waals surface area contributed by atoms with Crippen molar-refractivity contribution in [2.75, 3.05) is 6.61 Å². The summed E-state index contributed by atoms with van der Waals surface area (Å²) in [5, 5.41) is 17.0. The summed E-state index contributed by atoms with van der Waals surface area (Å²) in [7, 11) is 0. The van der Waals surface area contributed by atoms with Crippen LogP contribution < -0.4 is 0 Å². The molecule has 42 valence electrons. The third-order valence-corrected chi connectivity index (χ3v) is 1.47. The van der Waals surface area contributed by atoms with Gasteiger partial charge in [-0.3, -0.25) is 0 Å². The largest absolute Gasteiger partial charge is 0.396 e. The van der Waals surface area contributed by atoms with E-state index in [9.17, 15) is 0 Å². The summed E-state index contributed by atoms with van der Waals surface area (Å²) in [6.07, 6.45) is 1.49. The summed E-state index contributed by atoms with van der Waals surface area (Å²) in [6.45, 7) is 0.247. The highest BCUT2D eigenvalue weighted by Crippen LogP contribution is 2.25. The van der Waals surface area contributed by atoms with Crippen LogP contribution in [0, 0.1) is 5.92 Å². The molecule has 2 N–H and O–H groups in total. The fourth-order valence-corrected chi connectivity index (χ4v) is 0.850. The second-order valence-corrected chi connectivity index (χ2v) is 2.17. The molecule has 0 unspecified atom stereocenters. The van der Waals surface area contributed by atoms with Gasteiger partial charge in [-0.1, -0.05) is 0 Å². The predicted molar refractivity (Wildman–Crippen MR) is 25.8 cm³/mol. The lowest BCUT2D eigenvalue weighted by atomic mass is 9.83. The van der Waals surface area contributed by atoms with Crippen molar-refractivity contribution in [3.05, 3.63) is 0 Å². The first-order chi connectivity index (χ1) is 3.33. The summed E-state index contributed by atoms with van der Waals surface area (Å²) < 4.78 is 0. The maximum Gasteiger partial charge on any atom is 0.0547 e. The molecule has 0 heterocycles. The van der Waals surface area contributed by atoms with Gasteiger partial charge in [0.05, 0.1) is 6.10 Å². The van der Waals surface area contributed by atoms with E-state index in [2.05, 4.69) is 0 Å². The quantitative estimate of drug-likeness (QED) is 0.479. The van der Waals surface area contributed by atoms with Gasteiger partial charge in [0.25, 0.3) is 0 Å². The van der Waals surface area contributed by atoms with Crippen LogP contribution in [0.25, 0.3) is 0 Å². The second kappa shape index (κ2) is 1.80. The van der Waals surface area contributed by atoms with Crippen LogP contribution in [0.5, 0.6) is 0 Å². The van der Waals surface area contributed by atoms with Gasteiger partial charge in [-0.2, -0.15) is 0 Å². The van der Waals surface area contributed by atoms with Gasteiger partial charge < -0.3 is 10.2 Å². The molecule has 2 heteroatoms. The normalized spacial score (nSPS) is 40.3. The Bertz CT molecular complexity index is 57.1. The average molecular weight is 102 g/mol. The molecule has 0 aliphatic heterocycles. The molecular formula is C5H10O2. The van der Waals surface area contributed by atoms with E-state index in [1.54, 1.807) is 0 Å². The van der Waals surface area contributed by atoms with Crippen molar-refractivity contribution in [3.8, 4) is 0 Å². The van der Waals surface area contributed by atoms with Gasteiger partial charge in [-0.15, -0.1) is 0 Å². The molecular weight excluding hydrogens is 92.1 g/mol. The fraction of sp³-hybridized carbons (Fsp3) is 1.00. The van der Waals surface area contributed by atoms with Gasteiger partial charge in [0.2, 0.25) is 0 Å². The third kappa shape index (κ3) is 0.924. The summed E-state index contributed by atoms with van der Waals surface area (Å²) in [4.78, 5) is 0. The summed E-state index contributed by atoms with van der Waals surface area (Å²) in [6, 6.07) is 0. The highest BCUT2D eigenvalue weighted by Gasteiger charge is 2.25. The van der Waals surface area contributed by atoms with E-state index in [0.29, 0.717) is 5.92 Å². The molecule has 0 aromatic heterocycles. The molecule has 0 radical (unpaired) electrons. The molecule has 0 aromatic rings. The lowest BCUT2D eigenvalue weighted by Crippen LogP contribution is -2.30. The van der Waals surface area contributed by atoms with Crippen LogP contribution in [0.3, 0.4) is 0 Å². The van der Waals surface area contributed by atoms with Crippen LogP contribution >= 0.6 is 0 Å². The summed E-state index contributed by atoms with van der Waals surface area (Å²) >= 11 is 0. The Morgan fingerprint density at radius 1 is 1.43 bits per heavy atom. The lowest BCUT2D eigenvalue weighted by Gasteiger charge is -2.29. The Morgan fingerprint density at radius 3 is 2.14 bits per heavy atom. The van der Waals surface area contributed by atoms with Crippen LogP contribution in [-0.2, 0) is 0 Å². The van der Waals surface area contributed by atoms with Crippen molar-refractivity contribution in [1.29, 1.82) is 0 Å². The maximum absolute atomic E-state index is 8.64. The number of aliphatic hydroxyl groups is 2. The first-order valence-electron chi connectivity index (χ1n) is 2.62. The van der Waals surface area contributed by atoms with Gasteiger partial charge in [0.15, 0.2) is 0 Å². The van der Waals surface area contributed by atoms with E-state index < -0.39 is 0 Å². The molecule has 0 spiro atoms. The first-order valence-corrected chi connectivity index (χ1v) is 2.62. The molecule has 7 heavy (non-hydrogen) atoms. The molecule has 0 saturated heterocycles. The Labute approximate surface area is 42.8 Å². The second-order valence-electron chi connectivity index (χ2n) is 2.17. The Balaban J connectivity index is 2.06. The van der Waals surface area contributed by atoms with Crippen molar-refractivity contribution in [3.63, 3.8) is 0 Å². The van der Waals surface area contributed by atoms with Crippen LogP contribution in [0.2, 0.25) is 0 Å². The van der Waals surface area contributed by atoms with Crippen molar-refractivity contribution in [2.45, 2.75) is 18.9 Å². The molecule has 1 aliphatic carbocycles. The topological polar surface area (TPSA) is 40.5 Å². The number of aliphatic hydroxyl groups excluding tert-OH is 2. The van der Waals surface area contributed by atoms with E-state index in [1.165, 1.54) is 0 Å². The van der Waals surface area contributed by atoms with E-state index in [1.807, 2.05) is 0 Å². The third-order valence-electron chi connectivity index (χ3n) is 1.47. The molecule has 0 bridgehead atoms. The van der Waals surface area contributed by atoms with Crippen molar-refractivity contribution in [2.24, 2.45) is 5.92 Å². The van der Waals surface area contributed by atoms with Gasteiger partial charge in [-0.05, 0) is 18.8 Å². The number of hydrogen-bond donors (Lipinski definition) is 2. The molecule has 0 aromatic carbocycles. The minimum Gasteiger partial charge on any atom is -0.396 e. The van der Waals surface area contributed by atoms with Crippen molar-refractivity contribution >= 4 is 0 Å². The zero-order chi connectivity index (χ0) is 5.28. The van der Waals surface area contributed by atoms with Crippen molar-refractivity contribution < 1.29 is 10.2 Å². The number of hydrogen-bond acceptors (Lipinski definition) is 2. The van der Waals surface area contributed by atoms with E-state index in [-0.39, 0.29) is 12.7 Å². The Morgan fingerprint density at radius 2 is 2.00 bits per heavy atom. The average Bonchev–Trinajstić information content (AvgIpc) is 1.58. The highest BCUT2D eigenvalue weighted by molar-refractivity contribution is 4.77. The molecule has 1 rings (SSSR count). The monoisotopic (exact) mass is 102 g/mol. The highest BCUT2D eigenvalue weighted by atomic mass is 16.3. The molecule has 0 amide bonds. The zero-order valence-electron chi connectivity index (χ0n) is 4.17. The Hall–Kier alpha value is -0.0800. The molecule has 1 fully saturated rings. The van der Waals surface area contributed by atoms with Crippen LogP contribution in [0.1, 0.15) is 12.8 Å². The molecule has 1 saturated carbocycles. The zero-order valence-corrected chi connectivity index (χ0v) is 4.17. The molecule has 0 atom stereocenters. The minimum atomic E-state index is -0.114. The van der Waals surface area contributed by atoms with Gasteiger partial charge in [0, 0.05) is 6.61 Å². The first kappa shape index (κ1) is 5.06. The lowest BCUT2D eigenvalue weighted by molar-refractivity contribution is 0.0149. The van der Waals surface area contributed by atoms with Gasteiger partial charge in [0.1, 0.15) is 0 Å². The van der Waals surface area contributed by atoms with E-state index in [4.69, 9.17) is 10.2 Å². The van der Waals surface area contributed by atoms with Crippen molar-refractivity contribution in [1.82, 2.24) is 0 Å². The summed E-state index contributed by atoms with van der Waals surface area (Å²) in [5.74, 6) is 0.398. The van der Waals surface area contributed by atoms with Gasteiger partial charge in [-0.25, -0.2) is 0 Å². The van der Waals surface area contributed by atoms with Crippen LogP contribution in [0.15, 0.2) is 0 Å². The van der Waals surface area contributed by atoms with E-state index in [0.717, 1.165) is 12.8 Å².